The Hall–Kier alpha value is -1.78. The van der Waals surface area contributed by atoms with Crippen LogP contribution in [-0.2, 0) is 9.59 Å². The third-order valence-electron chi connectivity index (χ3n) is 3.26. The summed E-state index contributed by atoms with van der Waals surface area (Å²) in [6.45, 7) is 1.58. The van der Waals surface area contributed by atoms with E-state index >= 15 is 0 Å². The summed E-state index contributed by atoms with van der Waals surface area (Å²) in [5.41, 5.74) is -0.764. The second-order valence-electron chi connectivity index (χ2n) is 4.59. The van der Waals surface area contributed by atoms with Gasteiger partial charge in [-0.05, 0) is 25.8 Å². The molecule has 3 N–H and O–H groups in total. The Bertz CT molecular complexity index is 378. The lowest BCUT2D eigenvalue weighted by molar-refractivity contribution is -0.148. The van der Waals surface area contributed by atoms with Gasteiger partial charge in [-0.25, -0.2) is 4.79 Å². The summed E-state index contributed by atoms with van der Waals surface area (Å²) >= 11 is 0. The van der Waals surface area contributed by atoms with Crippen molar-refractivity contribution in [2.24, 2.45) is 0 Å². The second kappa shape index (κ2) is 6.23. The third kappa shape index (κ3) is 3.35. The molecule has 18 heavy (non-hydrogen) atoms. The highest BCUT2D eigenvalue weighted by atomic mass is 16.4. The molecule has 1 rings (SSSR count). The van der Waals surface area contributed by atoms with Crippen LogP contribution in [0.15, 0.2) is 24.0 Å². The number of nitrogens with one attached hydrogen (secondary N) is 1. The van der Waals surface area contributed by atoms with Gasteiger partial charge >= 0.3 is 5.97 Å². The smallest absolute Gasteiger partial charge is 0.329 e. The molecule has 5 heteroatoms. The predicted octanol–water partition coefficient (Wildman–Crippen LogP) is 1.91. The van der Waals surface area contributed by atoms with Gasteiger partial charge in [-0.3, -0.25) is 4.79 Å². The summed E-state index contributed by atoms with van der Waals surface area (Å²) in [6.07, 6.45) is 7.15. The zero-order valence-electron chi connectivity index (χ0n) is 10.5. The molecular formula is C13H19NO4. The molecule has 1 fully saturated rings. The topological polar surface area (TPSA) is 86.6 Å². The Labute approximate surface area is 106 Å². The van der Waals surface area contributed by atoms with Crippen molar-refractivity contribution in [1.82, 2.24) is 5.32 Å². The normalized spacial score (nSPS) is 19.7. The number of aliphatic carboxylic acids is 1. The molecule has 0 aromatic rings. The maximum Gasteiger partial charge on any atom is 0.329 e. The van der Waals surface area contributed by atoms with Crippen LogP contribution in [0.5, 0.6) is 0 Å². The molecule has 1 aliphatic carbocycles. The molecule has 0 heterocycles. The maximum atomic E-state index is 11.9. The van der Waals surface area contributed by atoms with Crippen molar-refractivity contribution in [3.63, 3.8) is 0 Å². The summed E-state index contributed by atoms with van der Waals surface area (Å²) in [4.78, 5) is 23.2. The highest BCUT2D eigenvalue weighted by Crippen LogP contribution is 2.28. The van der Waals surface area contributed by atoms with Gasteiger partial charge in [0.1, 0.15) is 5.54 Å². The van der Waals surface area contributed by atoms with E-state index in [0.717, 1.165) is 25.5 Å². The van der Waals surface area contributed by atoms with E-state index in [1.807, 2.05) is 0 Å². The monoisotopic (exact) mass is 253 g/mol. The molecular weight excluding hydrogens is 234 g/mol. The van der Waals surface area contributed by atoms with Crippen molar-refractivity contribution in [2.75, 3.05) is 0 Å². The zero-order chi connectivity index (χ0) is 13.6. The van der Waals surface area contributed by atoms with Gasteiger partial charge in [-0.2, -0.15) is 0 Å². The van der Waals surface area contributed by atoms with Crippen molar-refractivity contribution >= 4 is 11.9 Å². The van der Waals surface area contributed by atoms with Crippen LogP contribution in [0.2, 0.25) is 0 Å². The van der Waals surface area contributed by atoms with Gasteiger partial charge in [0.2, 0.25) is 5.91 Å². The number of aliphatic hydroxyl groups is 1. The molecule has 0 unspecified atom stereocenters. The van der Waals surface area contributed by atoms with E-state index in [-0.39, 0.29) is 0 Å². The number of carbonyl (C=O) groups excluding carboxylic acids is 1. The Kier molecular flexibility index (Phi) is 4.95. The van der Waals surface area contributed by atoms with Crippen LogP contribution in [-0.4, -0.2) is 27.6 Å². The van der Waals surface area contributed by atoms with E-state index in [9.17, 15) is 14.7 Å². The molecule has 100 valence electrons. The minimum Gasteiger partial charge on any atom is -0.516 e. The SMILES string of the molecule is C/C(=C\C=C/O)C(=O)NC1(C(=O)O)CCCCC1. The van der Waals surface area contributed by atoms with Crippen LogP contribution in [0.3, 0.4) is 0 Å². The van der Waals surface area contributed by atoms with E-state index in [1.54, 1.807) is 6.92 Å². The van der Waals surface area contributed by atoms with Gasteiger partial charge in [-0.15, -0.1) is 0 Å². The first-order valence-electron chi connectivity index (χ1n) is 6.05. The minimum atomic E-state index is -1.13. The molecule has 0 aromatic heterocycles. The summed E-state index contributed by atoms with van der Waals surface area (Å²) in [6, 6.07) is 0. The van der Waals surface area contributed by atoms with Crippen molar-refractivity contribution in [3.05, 3.63) is 24.0 Å². The quantitative estimate of drug-likeness (QED) is 0.406. The van der Waals surface area contributed by atoms with E-state index in [2.05, 4.69) is 5.32 Å². The molecule has 1 amide bonds. The van der Waals surface area contributed by atoms with E-state index < -0.39 is 17.4 Å². The highest BCUT2D eigenvalue weighted by Gasteiger charge is 2.40. The Morgan fingerprint density at radius 1 is 1.22 bits per heavy atom. The van der Waals surface area contributed by atoms with E-state index in [4.69, 9.17) is 5.11 Å². The summed E-state index contributed by atoms with van der Waals surface area (Å²) in [7, 11) is 0. The van der Waals surface area contributed by atoms with Crippen LogP contribution in [0.1, 0.15) is 39.0 Å². The molecule has 0 bridgehead atoms. The summed E-state index contributed by atoms with van der Waals surface area (Å²) in [5.74, 6) is -1.38. The molecule has 0 atom stereocenters. The lowest BCUT2D eigenvalue weighted by Crippen LogP contribution is -2.55. The lowest BCUT2D eigenvalue weighted by Gasteiger charge is -2.34. The largest absolute Gasteiger partial charge is 0.516 e. The molecule has 0 aromatic carbocycles. The van der Waals surface area contributed by atoms with Crippen LogP contribution < -0.4 is 5.32 Å². The number of amides is 1. The predicted molar refractivity (Wildman–Crippen MR) is 67.1 cm³/mol. The number of hydrogen-bond donors (Lipinski definition) is 3. The first-order chi connectivity index (χ1) is 8.52. The second-order valence-corrected chi connectivity index (χ2v) is 4.59. The number of hydrogen-bond acceptors (Lipinski definition) is 3. The number of carboxylic acids is 1. The minimum absolute atomic E-state index is 0.367. The molecule has 0 spiro atoms. The number of rotatable bonds is 4. The van der Waals surface area contributed by atoms with E-state index in [0.29, 0.717) is 18.4 Å². The lowest BCUT2D eigenvalue weighted by atomic mass is 9.81. The number of aliphatic hydroxyl groups excluding tert-OH is 1. The van der Waals surface area contributed by atoms with Crippen molar-refractivity contribution in [3.8, 4) is 0 Å². The maximum absolute atomic E-state index is 11.9. The average molecular weight is 253 g/mol. The Morgan fingerprint density at radius 2 is 1.83 bits per heavy atom. The fraction of sp³-hybridized carbons (Fsp3) is 0.538. The Balaban J connectivity index is 2.78. The Morgan fingerprint density at radius 3 is 2.33 bits per heavy atom. The molecule has 5 nitrogen and oxygen atoms in total. The van der Waals surface area contributed by atoms with Crippen molar-refractivity contribution < 1.29 is 19.8 Å². The standard InChI is InChI=1S/C13H19NO4/c1-10(6-5-9-15)11(16)14-13(12(17)18)7-3-2-4-8-13/h5-6,9,15H,2-4,7-8H2,1H3,(H,14,16)(H,17,18)/b9-5-,10-6+. The third-order valence-corrected chi connectivity index (χ3v) is 3.26. The molecule has 1 saturated carbocycles. The number of carbonyl (C=O) groups is 2. The van der Waals surface area contributed by atoms with Gasteiger partial charge in [-0.1, -0.05) is 25.3 Å². The van der Waals surface area contributed by atoms with Crippen LogP contribution in [0, 0.1) is 0 Å². The molecule has 0 saturated heterocycles. The first-order valence-corrected chi connectivity index (χ1v) is 6.05. The van der Waals surface area contributed by atoms with Gasteiger partial charge in [0.05, 0.1) is 6.26 Å². The van der Waals surface area contributed by atoms with Crippen LogP contribution in [0.4, 0.5) is 0 Å². The summed E-state index contributed by atoms with van der Waals surface area (Å²) in [5, 5.41) is 20.4. The van der Waals surface area contributed by atoms with E-state index in [1.165, 1.54) is 12.2 Å². The fourth-order valence-electron chi connectivity index (χ4n) is 2.13. The van der Waals surface area contributed by atoms with Gasteiger partial charge < -0.3 is 15.5 Å². The van der Waals surface area contributed by atoms with Gasteiger partial charge in [0, 0.05) is 5.57 Å². The molecule has 0 aliphatic heterocycles. The zero-order valence-corrected chi connectivity index (χ0v) is 10.5. The van der Waals surface area contributed by atoms with Gasteiger partial charge in [0.15, 0.2) is 0 Å². The summed E-state index contributed by atoms with van der Waals surface area (Å²) < 4.78 is 0. The highest BCUT2D eigenvalue weighted by molar-refractivity contribution is 5.97. The molecule has 0 radical (unpaired) electrons. The first kappa shape index (κ1) is 14.3. The average Bonchev–Trinajstić information content (AvgIpc) is 2.36. The van der Waals surface area contributed by atoms with Gasteiger partial charge in [0.25, 0.3) is 0 Å². The number of carboxylic acid groups (broad SMARTS) is 1. The molecule has 1 aliphatic rings. The number of allylic oxidation sites excluding steroid dienone is 2. The van der Waals surface area contributed by atoms with Crippen molar-refractivity contribution in [1.29, 1.82) is 0 Å². The fourth-order valence-corrected chi connectivity index (χ4v) is 2.13. The van der Waals surface area contributed by atoms with Crippen LogP contribution in [0.25, 0.3) is 0 Å². The van der Waals surface area contributed by atoms with Crippen molar-refractivity contribution in [2.45, 2.75) is 44.6 Å². The van der Waals surface area contributed by atoms with Crippen LogP contribution >= 0.6 is 0 Å².